The average molecular weight is 340 g/mol. The maximum atomic E-state index is 12.5. The van der Waals surface area contributed by atoms with Crippen molar-refractivity contribution in [3.8, 4) is 6.07 Å². The van der Waals surface area contributed by atoms with Crippen LogP contribution in [0.15, 0.2) is 18.3 Å². The zero-order chi connectivity index (χ0) is 17.3. The molecule has 1 amide bonds. The van der Waals surface area contributed by atoms with E-state index in [1.165, 1.54) is 0 Å². The Morgan fingerprint density at radius 3 is 2.88 bits per heavy atom. The number of likely N-dealkylation sites (tertiary alicyclic amines) is 1. The normalized spacial score (nSPS) is 27.7. The highest BCUT2D eigenvalue weighted by atomic mass is 16.5. The molecule has 25 heavy (non-hydrogen) atoms. The van der Waals surface area contributed by atoms with Crippen LogP contribution in [0.2, 0.25) is 0 Å². The van der Waals surface area contributed by atoms with E-state index in [-0.39, 0.29) is 5.41 Å². The Balaban J connectivity index is 1.43. The SMILES string of the molecule is N#Cc1cccnc1N1CCC(N2C[C@@]3(CCOC3)CCC2=O)CC1. The summed E-state index contributed by atoms with van der Waals surface area (Å²) in [5.74, 6) is 1.07. The van der Waals surface area contributed by atoms with Crippen molar-refractivity contribution in [2.45, 2.75) is 38.1 Å². The summed E-state index contributed by atoms with van der Waals surface area (Å²) in [5, 5.41) is 9.28. The maximum Gasteiger partial charge on any atom is 0.222 e. The molecule has 4 rings (SSSR count). The Hall–Kier alpha value is -2.13. The van der Waals surface area contributed by atoms with Crippen molar-refractivity contribution < 1.29 is 9.53 Å². The molecule has 0 N–H and O–H groups in total. The Bertz CT molecular complexity index is 685. The summed E-state index contributed by atoms with van der Waals surface area (Å²) in [7, 11) is 0. The molecule has 0 aliphatic carbocycles. The highest BCUT2D eigenvalue weighted by Gasteiger charge is 2.44. The van der Waals surface area contributed by atoms with Crippen molar-refractivity contribution in [2.24, 2.45) is 5.41 Å². The lowest BCUT2D eigenvalue weighted by molar-refractivity contribution is -0.141. The Kier molecular flexibility index (Phi) is 4.34. The van der Waals surface area contributed by atoms with Crippen LogP contribution < -0.4 is 4.90 Å². The smallest absolute Gasteiger partial charge is 0.222 e. The Morgan fingerprint density at radius 1 is 1.32 bits per heavy atom. The molecule has 132 valence electrons. The molecule has 3 aliphatic heterocycles. The van der Waals surface area contributed by atoms with Crippen molar-refractivity contribution in [3.05, 3.63) is 23.9 Å². The molecule has 1 spiro atoms. The molecular formula is C19H24N4O2. The molecule has 0 unspecified atom stereocenters. The zero-order valence-corrected chi connectivity index (χ0v) is 14.5. The van der Waals surface area contributed by atoms with Crippen molar-refractivity contribution in [1.82, 2.24) is 9.88 Å². The number of nitriles is 1. The number of pyridine rings is 1. The van der Waals surface area contributed by atoms with Gasteiger partial charge in [0.25, 0.3) is 0 Å². The van der Waals surface area contributed by atoms with E-state index in [0.717, 1.165) is 64.3 Å². The van der Waals surface area contributed by atoms with Gasteiger partial charge in [0, 0.05) is 50.3 Å². The van der Waals surface area contributed by atoms with Gasteiger partial charge in [0.1, 0.15) is 11.9 Å². The quantitative estimate of drug-likeness (QED) is 0.823. The number of nitrogens with zero attached hydrogens (tertiary/aromatic N) is 4. The van der Waals surface area contributed by atoms with E-state index in [1.54, 1.807) is 12.3 Å². The van der Waals surface area contributed by atoms with Crippen LogP contribution in [-0.4, -0.2) is 54.7 Å². The number of carbonyl (C=O) groups excluding carboxylic acids is 1. The van der Waals surface area contributed by atoms with E-state index in [9.17, 15) is 10.1 Å². The average Bonchev–Trinajstić information content (AvgIpc) is 3.12. The third-order valence-corrected chi connectivity index (χ3v) is 5.99. The predicted octanol–water partition coefficient (Wildman–Crippen LogP) is 1.95. The molecule has 1 aromatic heterocycles. The number of hydrogen-bond donors (Lipinski definition) is 0. The molecule has 1 atom stereocenters. The topological polar surface area (TPSA) is 69.5 Å². The lowest BCUT2D eigenvalue weighted by Gasteiger charge is -2.45. The number of amides is 1. The lowest BCUT2D eigenvalue weighted by atomic mass is 9.78. The second-order valence-corrected chi connectivity index (χ2v) is 7.53. The molecule has 3 aliphatic rings. The first-order chi connectivity index (χ1) is 12.2. The Labute approximate surface area is 148 Å². The van der Waals surface area contributed by atoms with Gasteiger partial charge in [0.05, 0.1) is 12.2 Å². The molecule has 0 bridgehead atoms. The monoisotopic (exact) mass is 340 g/mol. The number of anilines is 1. The molecule has 6 nitrogen and oxygen atoms in total. The van der Waals surface area contributed by atoms with Crippen LogP contribution in [0, 0.1) is 16.7 Å². The van der Waals surface area contributed by atoms with Gasteiger partial charge < -0.3 is 14.5 Å². The minimum atomic E-state index is 0.194. The van der Waals surface area contributed by atoms with Crippen molar-refractivity contribution >= 4 is 11.7 Å². The minimum absolute atomic E-state index is 0.194. The first-order valence-electron chi connectivity index (χ1n) is 9.18. The molecule has 0 radical (unpaired) electrons. The first kappa shape index (κ1) is 16.3. The molecule has 0 saturated carbocycles. The highest BCUT2D eigenvalue weighted by Crippen LogP contribution is 2.39. The van der Waals surface area contributed by atoms with Gasteiger partial charge >= 0.3 is 0 Å². The van der Waals surface area contributed by atoms with Gasteiger partial charge in [-0.3, -0.25) is 4.79 Å². The predicted molar refractivity (Wildman–Crippen MR) is 93.0 cm³/mol. The van der Waals surface area contributed by atoms with Gasteiger partial charge in [-0.2, -0.15) is 5.26 Å². The van der Waals surface area contributed by atoms with Gasteiger partial charge in [0.2, 0.25) is 5.91 Å². The van der Waals surface area contributed by atoms with Gasteiger partial charge in [-0.15, -0.1) is 0 Å². The van der Waals surface area contributed by atoms with Crippen molar-refractivity contribution in [1.29, 1.82) is 5.26 Å². The number of aromatic nitrogens is 1. The van der Waals surface area contributed by atoms with E-state index in [2.05, 4.69) is 20.9 Å². The fourth-order valence-corrected chi connectivity index (χ4v) is 4.47. The van der Waals surface area contributed by atoms with Gasteiger partial charge in [-0.05, 0) is 37.8 Å². The zero-order valence-electron chi connectivity index (χ0n) is 14.5. The number of ether oxygens (including phenoxy) is 1. The van der Waals surface area contributed by atoms with Crippen LogP contribution in [0.25, 0.3) is 0 Å². The summed E-state index contributed by atoms with van der Waals surface area (Å²) in [6, 6.07) is 6.13. The van der Waals surface area contributed by atoms with Crippen LogP contribution >= 0.6 is 0 Å². The standard InChI is InChI=1S/C19H24N4O2/c20-12-15-2-1-8-21-18(15)22-9-4-16(5-10-22)23-13-19(6-3-17(23)24)7-11-25-14-19/h1-2,8,16H,3-7,9-11,13-14H2/t19-/m0/s1. The van der Waals surface area contributed by atoms with Crippen LogP contribution in [0.5, 0.6) is 0 Å². The summed E-state index contributed by atoms with van der Waals surface area (Å²) in [6.45, 7) is 4.16. The minimum Gasteiger partial charge on any atom is -0.381 e. The number of hydrogen-bond acceptors (Lipinski definition) is 5. The third kappa shape index (κ3) is 3.09. The van der Waals surface area contributed by atoms with E-state index in [1.807, 2.05) is 6.07 Å². The van der Waals surface area contributed by atoms with Crippen LogP contribution in [0.4, 0.5) is 5.82 Å². The summed E-state index contributed by atoms with van der Waals surface area (Å²) < 4.78 is 5.62. The summed E-state index contributed by atoms with van der Waals surface area (Å²) in [4.78, 5) is 21.2. The Morgan fingerprint density at radius 2 is 2.16 bits per heavy atom. The molecular weight excluding hydrogens is 316 g/mol. The van der Waals surface area contributed by atoms with Gasteiger partial charge in [-0.25, -0.2) is 4.98 Å². The molecule has 0 aromatic carbocycles. The number of piperidine rings is 2. The molecule has 3 saturated heterocycles. The molecule has 4 heterocycles. The highest BCUT2D eigenvalue weighted by molar-refractivity contribution is 5.77. The summed E-state index contributed by atoms with van der Waals surface area (Å²) >= 11 is 0. The summed E-state index contributed by atoms with van der Waals surface area (Å²) in [5.41, 5.74) is 0.817. The fourth-order valence-electron chi connectivity index (χ4n) is 4.47. The molecule has 1 aromatic rings. The maximum absolute atomic E-state index is 12.5. The van der Waals surface area contributed by atoms with Crippen LogP contribution in [0.3, 0.4) is 0 Å². The fraction of sp³-hybridized carbons (Fsp3) is 0.632. The first-order valence-corrected chi connectivity index (χ1v) is 9.18. The van der Waals surface area contributed by atoms with E-state index >= 15 is 0 Å². The lowest BCUT2D eigenvalue weighted by Crippen LogP contribution is -2.54. The second-order valence-electron chi connectivity index (χ2n) is 7.53. The second kappa shape index (κ2) is 6.64. The summed E-state index contributed by atoms with van der Waals surface area (Å²) in [6.07, 6.45) is 6.31. The molecule has 6 heteroatoms. The van der Waals surface area contributed by atoms with Crippen LogP contribution in [0.1, 0.15) is 37.7 Å². The van der Waals surface area contributed by atoms with Crippen molar-refractivity contribution in [2.75, 3.05) is 37.7 Å². The third-order valence-electron chi connectivity index (χ3n) is 5.99. The van der Waals surface area contributed by atoms with E-state index < -0.39 is 0 Å². The largest absolute Gasteiger partial charge is 0.381 e. The van der Waals surface area contributed by atoms with E-state index in [4.69, 9.17) is 4.74 Å². The number of carbonyl (C=O) groups is 1. The molecule has 3 fully saturated rings. The van der Waals surface area contributed by atoms with E-state index in [0.29, 0.717) is 23.9 Å². The van der Waals surface area contributed by atoms with Crippen molar-refractivity contribution in [3.63, 3.8) is 0 Å². The van der Waals surface area contributed by atoms with Gasteiger partial charge in [-0.1, -0.05) is 0 Å². The van der Waals surface area contributed by atoms with Crippen LogP contribution in [-0.2, 0) is 9.53 Å². The number of rotatable bonds is 2. The van der Waals surface area contributed by atoms with Gasteiger partial charge in [0.15, 0.2) is 0 Å².